The second-order valence-electron chi connectivity index (χ2n) is 14.1. The van der Waals surface area contributed by atoms with Gasteiger partial charge in [0.05, 0.1) is 46.7 Å². The van der Waals surface area contributed by atoms with Crippen molar-refractivity contribution in [3.8, 4) is 0 Å². The predicted octanol–water partition coefficient (Wildman–Crippen LogP) is 9.21. The van der Waals surface area contributed by atoms with Crippen LogP contribution in [0.3, 0.4) is 0 Å². The molecule has 6 heterocycles. The van der Waals surface area contributed by atoms with Crippen LogP contribution in [-0.4, -0.2) is 72.1 Å². The molecule has 21 heteroatoms. The second-order valence-corrected chi connectivity index (χ2v) is 18.3. The molecular weight excluding hydrogens is 1050 g/mol. The molecule has 4 aromatic heterocycles. The van der Waals surface area contributed by atoms with Gasteiger partial charge in [0.25, 0.3) is 17.3 Å². The Kier molecular flexibility index (Phi) is 16.1. The maximum Gasteiger partial charge on any atom is 0.352 e. The molecule has 0 unspecified atom stereocenters. The Labute approximate surface area is 386 Å². The first kappa shape index (κ1) is 45.4. The molecule has 0 aliphatic carbocycles. The molecular formula is C40H42I2N10O7S2. The third-order valence-electron chi connectivity index (χ3n) is 9.61. The fourth-order valence-electron chi connectivity index (χ4n) is 6.56. The van der Waals surface area contributed by atoms with Crippen LogP contribution in [0.15, 0.2) is 83.8 Å². The van der Waals surface area contributed by atoms with E-state index in [0.717, 1.165) is 70.3 Å². The lowest BCUT2D eigenvalue weighted by molar-refractivity contribution is -0.385. The fourth-order valence-corrected chi connectivity index (χ4v) is 9.02. The topological polar surface area (TPSA) is 221 Å². The first-order valence-corrected chi connectivity index (χ1v) is 23.1. The van der Waals surface area contributed by atoms with Crippen molar-refractivity contribution in [3.05, 3.63) is 134 Å². The largest absolute Gasteiger partial charge is 0.477 e. The molecule has 6 aromatic rings. The number of anilines is 4. The van der Waals surface area contributed by atoms with Crippen LogP contribution in [0.25, 0.3) is 0 Å². The van der Waals surface area contributed by atoms with Crippen LogP contribution in [0.5, 0.6) is 0 Å². The van der Waals surface area contributed by atoms with Crippen LogP contribution in [0.1, 0.15) is 70.9 Å². The molecule has 8 rings (SSSR count). The summed E-state index contributed by atoms with van der Waals surface area (Å²) in [7, 11) is 0. The highest BCUT2D eigenvalue weighted by Gasteiger charge is 2.23. The molecule has 2 saturated heterocycles. The van der Waals surface area contributed by atoms with Crippen molar-refractivity contribution < 1.29 is 24.5 Å². The first-order chi connectivity index (χ1) is 29.3. The van der Waals surface area contributed by atoms with E-state index in [1.54, 1.807) is 28.0 Å². The molecule has 4 N–H and O–H groups in total. The zero-order valence-corrected chi connectivity index (χ0v) is 38.6. The van der Waals surface area contributed by atoms with E-state index in [9.17, 15) is 34.9 Å². The number of nitrogens with zero attached hydrogens (tertiary/aromatic N) is 8. The van der Waals surface area contributed by atoms with Gasteiger partial charge in [0.15, 0.2) is 10.3 Å². The molecule has 17 nitrogen and oxygen atoms in total. The normalized spacial score (nSPS) is 13.7. The van der Waals surface area contributed by atoms with Crippen molar-refractivity contribution in [2.75, 3.05) is 47.0 Å². The molecule has 2 aromatic carbocycles. The van der Waals surface area contributed by atoms with E-state index in [0.29, 0.717) is 17.9 Å². The molecule has 0 atom stereocenters. The van der Waals surface area contributed by atoms with E-state index in [1.807, 2.05) is 47.2 Å². The molecule has 0 saturated carbocycles. The zero-order valence-electron chi connectivity index (χ0n) is 32.7. The number of aromatic nitrogens is 4. The van der Waals surface area contributed by atoms with E-state index >= 15 is 0 Å². The zero-order chi connectivity index (χ0) is 43.5. The van der Waals surface area contributed by atoms with Crippen LogP contribution in [0, 0.1) is 27.4 Å². The summed E-state index contributed by atoms with van der Waals surface area (Å²) in [6, 6.07) is 17.5. The smallest absolute Gasteiger partial charge is 0.352 e. The molecule has 320 valence electrons. The van der Waals surface area contributed by atoms with E-state index in [1.165, 1.54) is 63.6 Å². The van der Waals surface area contributed by atoms with Crippen LogP contribution in [0.2, 0.25) is 0 Å². The molecule has 0 radical (unpaired) electrons. The minimum Gasteiger partial charge on any atom is -0.477 e. The number of carbonyl (C=O) groups is 2. The summed E-state index contributed by atoms with van der Waals surface area (Å²) in [4.78, 5) is 58.8. The lowest BCUT2D eigenvalue weighted by Gasteiger charge is -2.25. The van der Waals surface area contributed by atoms with Gasteiger partial charge in [-0.15, -0.1) is 22.7 Å². The molecule has 61 heavy (non-hydrogen) atoms. The predicted molar refractivity (Wildman–Crippen MR) is 254 cm³/mol. The average Bonchev–Trinajstić information content (AvgIpc) is 4.09. The number of aromatic carboxylic acids is 1. The number of nitrogens with one attached hydrogen (secondary N) is 1. The summed E-state index contributed by atoms with van der Waals surface area (Å²) in [6.07, 6.45) is 9.77. The second kappa shape index (κ2) is 21.6. The number of amides is 1. The molecule has 0 bridgehead atoms. The lowest BCUT2D eigenvalue weighted by Crippen LogP contribution is -2.29. The van der Waals surface area contributed by atoms with Crippen LogP contribution < -0.4 is 20.9 Å². The number of nitro groups is 2. The average molecular weight is 1090 g/mol. The molecule has 2 aliphatic rings. The van der Waals surface area contributed by atoms with Crippen LogP contribution in [-0.2, 0) is 13.1 Å². The van der Waals surface area contributed by atoms with Crippen molar-refractivity contribution in [2.45, 2.75) is 51.6 Å². The molecule has 2 fully saturated rings. The minimum atomic E-state index is -1.19. The summed E-state index contributed by atoms with van der Waals surface area (Å²) < 4.78 is 5.22. The Bertz CT molecular complexity index is 2420. The minimum absolute atomic E-state index is 0.107. The number of hydrogen-bond acceptors (Lipinski definition) is 13. The standard InChI is InChI=1S/C20H20IN5O3S.C14H16N4O4S.C6H6IN/c21-14-4-6-15(7-5-14)22-19(27)18-10-17(26(28)29)12-25(18)11-16-13-30-20(23-16)24-8-2-1-3-9-24;19-13(20)12-6-11(18(21)22)8-17(12)7-10-9-23-14(15-10)16-4-2-1-3-5-16;7-5-1-3-6(8)4-2-5/h4-7,10,12-13H,1-3,8-9,11H2,(H,22,27);6,8-9H,1-5,7H2,(H,19,20);1-4H,8H2. The molecule has 1 amide bonds. The van der Waals surface area contributed by atoms with Crippen molar-refractivity contribution in [2.24, 2.45) is 0 Å². The maximum atomic E-state index is 12.8. The summed E-state index contributed by atoms with van der Waals surface area (Å²) in [5, 5.41) is 39.8. The summed E-state index contributed by atoms with van der Waals surface area (Å²) >= 11 is 7.52. The highest BCUT2D eigenvalue weighted by atomic mass is 127. The van der Waals surface area contributed by atoms with E-state index in [4.69, 9.17) is 10.7 Å². The van der Waals surface area contributed by atoms with Crippen LogP contribution >= 0.6 is 67.9 Å². The number of carboxylic acid groups (broad SMARTS) is 1. The number of carboxylic acids is 1. The van der Waals surface area contributed by atoms with Gasteiger partial charge in [0, 0.05) is 67.6 Å². The lowest BCUT2D eigenvalue weighted by atomic mass is 10.1. The van der Waals surface area contributed by atoms with Crippen molar-refractivity contribution in [1.82, 2.24) is 19.1 Å². The first-order valence-electron chi connectivity index (χ1n) is 19.2. The SMILES string of the molecule is Nc1ccc(I)cc1.O=C(Nc1ccc(I)cc1)c1cc([N+](=O)[O-])cn1Cc1csc(N2CCCCC2)n1.O=C(O)c1cc([N+](=O)[O-])cn1Cc1csc(N2CCCCC2)n1. The number of nitrogen functional groups attached to an aromatic ring is 1. The summed E-state index contributed by atoms with van der Waals surface area (Å²) in [5.74, 6) is -1.58. The van der Waals surface area contributed by atoms with Gasteiger partial charge in [0.2, 0.25) is 0 Å². The molecule has 2 aliphatic heterocycles. The fraction of sp³-hybridized carbons (Fsp3) is 0.300. The highest BCUT2D eigenvalue weighted by Crippen LogP contribution is 2.28. The van der Waals surface area contributed by atoms with Gasteiger partial charge in [-0.3, -0.25) is 25.0 Å². The summed E-state index contributed by atoms with van der Waals surface area (Å²) in [5.41, 5.74) is 8.16. The Morgan fingerprint density at radius 2 is 1.13 bits per heavy atom. The molecule has 0 spiro atoms. The van der Waals surface area contributed by atoms with E-state index in [-0.39, 0.29) is 29.3 Å². The number of benzene rings is 2. The van der Waals surface area contributed by atoms with Crippen molar-refractivity contribution >= 4 is 113 Å². The maximum absolute atomic E-state index is 12.8. The van der Waals surface area contributed by atoms with Gasteiger partial charge < -0.3 is 35.1 Å². The Balaban J connectivity index is 0.000000177. The number of hydrogen-bond donors (Lipinski definition) is 3. The van der Waals surface area contributed by atoms with Gasteiger partial charge in [-0.25, -0.2) is 14.8 Å². The quantitative estimate of drug-likeness (QED) is 0.0478. The Morgan fingerprint density at radius 1 is 0.705 bits per heavy atom. The summed E-state index contributed by atoms with van der Waals surface area (Å²) in [6.45, 7) is 4.50. The number of piperidine rings is 2. The van der Waals surface area contributed by atoms with Gasteiger partial charge >= 0.3 is 5.97 Å². The van der Waals surface area contributed by atoms with E-state index < -0.39 is 21.7 Å². The van der Waals surface area contributed by atoms with Crippen LogP contribution in [0.4, 0.5) is 33.0 Å². The van der Waals surface area contributed by atoms with Crippen molar-refractivity contribution in [1.29, 1.82) is 0 Å². The van der Waals surface area contributed by atoms with Gasteiger partial charge in [-0.1, -0.05) is 0 Å². The van der Waals surface area contributed by atoms with Crippen molar-refractivity contribution in [3.63, 3.8) is 0 Å². The number of halogens is 2. The van der Waals surface area contributed by atoms with Gasteiger partial charge in [0.1, 0.15) is 11.4 Å². The Morgan fingerprint density at radius 3 is 1.56 bits per heavy atom. The monoisotopic (exact) mass is 1090 g/mol. The third kappa shape index (κ3) is 12.9. The van der Waals surface area contributed by atoms with Gasteiger partial charge in [-0.05, 0) is 132 Å². The number of nitrogens with two attached hydrogens (primary N) is 1. The number of thiazole rings is 2. The number of rotatable bonds is 11. The van der Waals surface area contributed by atoms with Gasteiger partial charge in [-0.2, -0.15) is 0 Å². The number of carbonyl (C=O) groups excluding carboxylic acids is 1. The third-order valence-corrected chi connectivity index (χ3v) is 12.9. The Hall–Kier alpha value is -5.14. The highest BCUT2D eigenvalue weighted by molar-refractivity contribution is 14.1. The van der Waals surface area contributed by atoms with E-state index in [2.05, 4.69) is 65.3 Å².